The Kier molecular flexibility index (Phi) is 8.20. The number of hydrogen-bond donors (Lipinski definition) is 3. The Morgan fingerprint density at radius 1 is 1.12 bits per heavy atom. The molecule has 7 nitrogen and oxygen atoms in total. The van der Waals surface area contributed by atoms with Crippen molar-refractivity contribution in [2.45, 2.75) is 49.7 Å². The van der Waals surface area contributed by atoms with E-state index in [4.69, 9.17) is 0 Å². The van der Waals surface area contributed by atoms with Gasteiger partial charge in [-0.25, -0.2) is 4.21 Å². The molecule has 0 bridgehead atoms. The van der Waals surface area contributed by atoms with Gasteiger partial charge in [-0.3, -0.25) is 4.79 Å². The fraction of sp³-hybridized carbons (Fsp3) is 0.375. The fourth-order valence-electron chi connectivity index (χ4n) is 4.03. The third kappa shape index (κ3) is 5.27. The van der Waals surface area contributed by atoms with Gasteiger partial charge in [-0.15, -0.1) is 0 Å². The first-order valence-corrected chi connectivity index (χ1v) is 11.9. The zero-order valence-electron chi connectivity index (χ0n) is 18.5. The Morgan fingerprint density at radius 2 is 1.72 bits per heavy atom. The molecule has 2 aromatic carbocycles. The maximum Gasteiger partial charge on any atom is 0.241 e. The second-order valence-corrected chi connectivity index (χ2v) is 9.01. The van der Waals surface area contributed by atoms with E-state index in [-0.39, 0.29) is 11.9 Å². The van der Waals surface area contributed by atoms with Gasteiger partial charge >= 0.3 is 0 Å². The zero-order chi connectivity index (χ0) is 23.3. The number of para-hydroxylation sites is 1. The summed E-state index contributed by atoms with van der Waals surface area (Å²) in [5.74, 6) is -0.380. The Hall–Kier alpha value is -2.52. The van der Waals surface area contributed by atoms with Crippen molar-refractivity contribution in [2.75, 3.05) is 12.1 Å². The molecule has 8 heteroatoms. The molecule has 6 atom stereocenters. The Morgan fingerprint density at radius 3 is 2.28 bits per heavy atom. The smallest absolute Gasteiger partial charge is 0.241 e. The van der Waals surface area contributed by atoms with E-state index in [0.717, 1.165) is 11.3 Å². The molecule has 0 aromatic heterocycles. The summed E-state index contributed by atoms with van der Waals surface area (Å²) in [5, 5.41) is 16.3. The lowest BCUT2D eigenvalue weighted by atomic mass is 9.97. The lowest BCUT2D eigenvalue weighted by Crippen LogP contribution is -2.66. The second kappa shape index (κ2) is 10.9. The van der Waals surface area contributed by atoms with Crippen LogP contribution in [0.15, 0.2) is 72.8 Å². The highest BCUT2D eigenvalue weighted by molar-refractivity contribution is 7.80. The van der Waals surface area contributed by atoms with Gasteiger partial charge in [0.05, 0.1) is 23.9 Å². The van der Waals surface area contributed by atoms with E-state index in [9.17, 15) is 18.7 Å². The summed E-state index contributed by atoms with van der Waals surface area (Å²) in [6.07, 6.45) is 3.01. The summed E-state index contributed by atoms with van der Waals surface area (Å²) < 4.78 is 22.3. The molecule has 1 amide bonds. The van der Waals surface area contributed by atoms with Gasteiger partial charge in [-0.2, -0.15) is 5.01 Å². The van der Waals surface area contributed by atoms with Crippen molar-refractivity contribution in [1.82, 2.24) is 10.3 Å². The van der Waals surface area contributed by atoms with Crippen LogP contribution in [0.5, 0.6) is 0 Å². The Bertz CT molecular complexity index is 941. The highest BCUT2D eigenvalue weighted by atomic mass is 32.2. The summed E-state index contributed by atoms with van der Waals surface area (Å²) in [5.41, 5.74) is 1.73. The normalized spacial score (nSPS) is 23.8. The van der Waals surface area contributed by atoms with Crippen LogP contribution in [0, 0.1) is 0 Å². The molecule has 0 aliphatic carbocycles. The number of nitrogens with zero attached hydrogens (tertiary/aromatic N) is 2. The molecule has 1 aliphatic rings. The zero-order valence-corrected chi connectivity index (χ0v) is 19.4. The van der Waals surface area contributed by atoms with Crippen LogP contribution in [-0.4, -0.2) is 55.3 Å². The molecule has 1 unspecified atom stereocenters. The predicted octanol–water partition coefficient (Wildman–Crippen LogP) is 2.89. The second-order valence-electron chi connectivity index (χ2n) is 7.92. The topological polar surface area (TPSA) is 93.1 Å². The number of rotatable bonds is 8. The summed E-state index contributed by atoms with van der Waals surface area (Å²) in [7, 11) is 1.79. The number of carbonyl (C=O) groups is 1. The molecular formula is C24H31N3O4S. The minimum absolute atomic E-state index is 0.291. The molecule has 1 heterocycles. The lowest BCUT2D eigenvalue weighted by Gasteiger charge is -2.47. The van der Waals surface area contributed by atoms with Gasteiger partial charge in [0, 0.05) is 7.05 Å². The third-order valence-electron chi connectivity index (χ3n) is 5.85. The van der Waals surface area contributed by atoms with E-state index in [2.05, 4.69) is 5.32 Å². The summed E-state index contributed by atoms with van der Waals surface area (Å²) in [6, 6.07) is 17.2. The highest BCUT2D eigenvalue weighted by Crippen LogP contribution is 2.29. The number of aliphatic hydroxyl groups is 1. The molecule has 172 valence electrons. The number of hydrogen-bond acceptors (Lipinski definition) is 5. The van der Waals surface area contributed by atoms with Gasteiger partial charge in [0.25, 0.3) is 0 Å². The van der Waals surface area contributed by atoms with Crippen LogP contribution < -0.4 is 10.3 Å². The SMILES string of the molecule is CC[C@H](O)[C@@H]1C=C[C@H](S(=O)O)[C@H](C(=O)N[C@H](C)c2ccccc2)N1N(C)c1ccccc1. The van der Waals surface area contributed by atoms with Gasteiger partial charge < -0.3 is 20.0 Å². The largest absolute Gasteiger partial charge is 0.391 e. The minimum atomic E-state index is -2.28. The van der Waals surface area contributed by atoms with E-state index in [0.29, 0.717) is 6.42 Å². The molecular weight excluding hydrogens is 426 g/mol. The van der Waals surface area contributed by atoms with Crippen LogP contribution in [0.2, 0.25) is 0 Å². The molecule has 0 saturated carbocycles. The number of hydrazine groups is 1. The summed E-state index contributed by atoms with van der Waals surface area (Å²) >= 11 is -2.28. The molecule has 0 spiro atoms. The Labute approximate surface area is 192 Å². The molecule has 0 radical (unpaired) electrons. The first-order valence-electron chi connectivity index (χ1n) is 10.7. The van der Waals surface area contributed by atoms with Crippen LogP contribution in [0.3, 0.4) is 0 Å². The van der Waals surface area contributed by atoms with Gasteiger partial charge in [0.15, 0.2) is 11.1 Å². The molecule has 0 fully saturated rings. The fourth-order valence-corrected chi connectivity index (χ4v) is 4.73. The number of anilines is 1. The van der Waals surface area contributed by atoms with Crippen molar-refractivity contribution in [1.29, 1.82) is 0 Å². The highest BCUT2D eigenvalue weighted by Gasteiger charge is 2.45. The van der Waals surface area contributed by atoms with Crippen molar-refractivity contribution in [3.8, 4) is 0 Å². The van der Waals surface area contributed by atoms with Crippen LogP contribution in [0.4, 0.5) is 5.69 Å². The summed E-state index contributed by atoms with van der Waals surface area (Å²) in [6.45, 7) is 3.74. The number of benzene rings is 2. The van der Waals surface area contributed by atoms with E-state index >= 15 is 0 Å². The molecule has 2 aromatic rings. The van der Waals surface area contributed by atoms with Crippen molar-refractivity contribution in [2.24, 2.45) is 0 Å². The molecule has 3 rings (SSSR count). The van der Waals surface area contributed by atoms with Crippen molar-refractivity contribution >= 4 is 22.7 Å². The van der Waals surface area contributed by atoms with Gasteiger partial charge in [0.2, 0.25) is 5.91 Å². The first kappa shape index (κ1) is 24.1. The van der Waals surface area contributed by atoms with Crippen LogP contribution in [0.1, 0.15) is 31.9 Å². The van der Waals surface area contributed by atoms with E-state index < -0.39 is 34.5 Å². The summed E-state index contributed by atoms with van der Waals surface area (Å²) in [4.78, 5) is 13.6. The minimum Gasteiger partial charge on any atom is -0.391 e. The van der Waals surface area contributed by atoms with E-state index in [1.165, 1.54) is 0 Å². The lowest BCUT2D eigenvalue weighted by molar-refractivity contribution is -0.129. The molecule has 32 heavy (non-hydrogen) atoms. The average molecular weight is 458 g/mol. The third-order valence-corrected chi connectivity index (χ3v) is 6.73. The van der Waals surface area contributed by atoms with Crippen LogP contribution in [-0.2, 0) is 15.9 Å². The van der Waals surface area contributed by atoms with Crippen molar-refractivity contribution < 1.29 is 18.7 Å². The monoisotopic (exact) mass is 457 g/mol. The van der Waals surface area contributed by atoms with Crippen LogP contribution >= 0.6 is 0 Å². The van der Waals surface area contributed by atoms with Gasteiger partial charge in [-0.1, -0.05) is 67.6 Å². The quantitative estimate of drug-likeness (QED) is 0.417. The number of aliphatic hydroxyl groups excluding tert-OH is 1. The van der Waals surface area contributed by atoms with Crippen molar-refractivity contribution in [3.05, 3.63) is 78.4 Å². The van der Waals surface area contributed by atoms with E-state index in [1.54, 1.807) is 29.2 Å². The van der Waals surface area contributed by atoms with Gasteiger partial charge in [-0.05, 0) is 31.0 Å². The number of nitrogens with one attached hydrogen (secondary N) is 1. The Balaban J connectivity index is 2.00. The molecule has 1 aliphatic heterocycles. The molecule has 3 N–H and O–H groups in total. The number of carbonyl (C=O) groups excluding carboxylic acids is 1. The van der Waals surface area contributed by atoms with Gasteiger partial charge in [0.1, 0.15) is 11.3 Å². The first-order chi connectivity index (χ1) is 15.3. The van der Waals surface area contributed by atoms with E-state index in [1.807, 2.05) is 74.5 Å². The molecule has 0 saturated heterocycles. The maximum atomic E-state index is 13.6. The van der Waals surface area contributed by atoms with Crippen LogP contribution in [0.25, 0.3) is 0 Å². The standard InChI is InChI=1S/C24H31N3O4S/c1-4-21(28)20-15-16-22(32(30)31)23(27(20)26(3)19-13-9-6-10-14-19)24(29)25-17(2)18-11-7-5-8-12-18/h5-17,20-23,28H,4H2,1-3H3,(H,25,29)(H,30,31)/t17-,20+,21+,22+,23-/m1/s1. The van der Waals surface area contributed by atoms with Crippen molar-refractivity contribution in [3.63, 3.8) is 0 Å². The predicted molar refractivity (Wildman–Crippen MR) is 127 cm³/mol. The average Bonchev–Trinajstić information content (AvgIpc) is 2.83. The number of amides is 1. The maximum absolute atomic E-state index is 13.6.